The second kappa shape index (κ2) is 6.62. The maximum Gasteiger partial charge on any atom is 0.243 e. The van der Waals surface area contributed by atoms with Crippen LogP contribution in [0.2, 0.25) is 0 Å². The number of nitrogens with one attached hydrogen (secondary N) is 1. The molecule has 8 heteroatoms. The highest BCUT2D eigenvalue weighted by molar-refractivity contribution is 7.89. The number of aryl methyl sites for hydroxylation is 4. The molecule has 0 bridgehead atoms. The average Bonchev–Trinajstić information content (AvgIpc) is 2.97. The maximum absolute atomic E-state index is 12.3. The number of sulfonamides is 1. The largest absolute Gasteiger partial charge is 0.270 e. The summed E-state index contributed by atoms with van der Waals surface area (Å²) in [7, 11) is -3.50. The summed E-state index contributed by atoms with van der Waals surface area (Å²) in [5, 5.41) is 8.43. The zero-order chi connectivity index (χ0) is 16.3. The number of hydrogen-bond donors (Lipinski definition) is 1. The summed E-state index contributed by atoms with van der Waals surface area (Å²) in [6.45, 7) is 9.35. The van der Waals surface area contributed by atoms with Crippen LogP contribution in [-0.2, 0) is 23.1 Å². The van der Waals surface area contributed by atoms with Gasteiger partial charge in [0.2, 0.25) is 10.0 Å². The quantitative estimate of drug-likeness (QED) is 0.780. The lowest BCUT2D eigenvalue weighted by Crippen LogP contribution is -2.26. The zero-order valence-electron chi connectivity index (χ0n) is 13.5. The van der Waals surface area contributed by atoms with Crippen LogP contribution in [0.15, 0.2) is 17.2 Å². The van der Waals surface area contributed by atoms with E-state index in [1.807, 2.05) is 31.5 Å². The Bertz CT molecular complexity index is 745. The van der Waals surface area contributed by atoms with Gasteiger partial charge in [-0.25, -0.2) is 13.1 Å². The number of rotatable bonds is 7. The first-order valence-electron chi connectivity index (χ1n) is 7.38. The summed E-state index contributed by atoms with van der Waals surface area (Å²) < 4.78 is 30.7. The van der Waals surface area contributed by atoms with E-state index < -0.39 is 10.0 Å². The highest BCUT2D eigenvalue weighted by Crippen LogP contribution is 2.13. The van der Waals surface area contributed by atoms with Crippen LogP contribution < -0.4 is 4.72 Å². The minimum atomic E-state index is -3.50. The van der Waals surface area contributed by atoms with Crippen molar-refractivity contribution in [3.63, 3.8) is 0 Å². The Morgan fingerprint density at radius 2 is 1.95 bits per heavy atom. The standard InChI is InChI=1S/C14H23N5O2S/c1-5-18-13(4)14(10-15-18)22(20,21)16-7-6-8-19-12(3)9-11(2)17-19/h9-10,16H,5-8H2,1-4H3. The first kappa shape index (κ1) is 16.7. The summed E-state index contributed by atoms with van der Waals surface area (Å²) in [5.41, 5.74) is 2.72. The van der Waals surface area contributed by atoms with Gasteiger partial charge in [0.25, 0.3) is 0 Å². The summed E-state index contributed by atoms with van der Waals surface area (Å²) in [4.78, 5) is 0.250. The van der Waals surface area contributed by atoms with Crippen LogP contribution in [0.1, 0.15) is 30.4 Å². The second-order valence-corrected chi connectivity index (χ2v) is 7.05. The SMILES string of the molecule is CCn1ncc(S(=O)(=O)NCCCn2nc(C)cc2C)c1C. The molecule has 2 aromatic rings. The van der Waals surface area contributed by atoms with E-state index in [0.717, 1.165) is 11.4 Å². The van der Waals surface area contributed by atoms with Crippen molar-refractivity contribution in [1.29, 1.82) is 0 Å². The van der Waals surface area contributed by atoms with Crippen molar-refractivity contribution in [1.82, 2.24) is 24.3 Å². The van der Waals surface area contributed by atoms with Gasteiger partial charge in [-0.05, 0) is 40.2 Å². The topological polar surface area (TPSA) is 81.8 Å². The van der Waals surface area contributed by atoms with Gasteiger partial charge in [-0.2, -0.15) is 10.2 Å². The van der Waals surface area contributed by atoms with Crippen LogP contribution in [0.25, 0.3) is 0 Å². The fraction of sp³-hybridized carbons (Fsp3) is 0.571. The Morgan fingerprint density at radius 3 is 2.50 bits per heavy atom. The van der Waals surface area contributed by atoms with E-state index in [1.165, 1.54) is 6.20 Å². The van der Waals surface area contributed by atoms with Gasteiger partial charge in [0.1, 0.15) is 4.90 Å². The molecule has 0 saturated heterocycles. The highest BCUT2D eigenvalue weighted by Gasteiger charge is 2.19. The third-order valence-electron chi connectivity index (χ3n) is 3.59. The van der Waals surface area contributed by atoms with Crippen molar-refractivity contribution in [2.45, 2.75) is 52.1 Å². The number of nitrogens with zero attached hydrogens (tertiary/aromatic N) is 4. The first-order chi connectivity index (χ1) is 10.3. The Hall–Kier alpha value is -1.67. The Kier molecular flexibility index (Phi) is 5.02. The Labute approximate surface area is 131 Å². The van der Waals surface area contributed by atoms with E-state index in [9.17, 15) is 8.42 Å². The van der Waals surface area contributed by atoms with Gasteiger partial charge in [0.15, 0.2) is 0 Å². The van der Waals surface area contributed by atoms with Gasteiger partial charge in [-0.15, -0.1) is 0 Å². The summed E-state index contributed by atoms with van der Waals surface area (Å²) in [6.07, 6.45) is 2.09. The van der Waals surface area contributed by atoms with Crippen LogP contribution in [0.4, 0.5) is 0 Å². The van der Waals surface area contributed by atoms with Crippen LogP contribution in [-0.4, -0.2) is 34.5 Å². The van der Waals surface area contributed by atoms with E-state index in [2.05, 4.69) is 14.9 Å². The fourth-order valence-electron chi connectivity index (χ4n) is 2.43. The van der Waals surface area contributed by atoms with Gasteiger partial charge in [0, 0.05) is 25.3 Å². The van der Waals surface area contributed by atoms with Crippen LogP contribution >= 0.6 is 0 Å². The molecule has 2 heterocycles. The zero-order valence-corrected chi connectivity index (χ0v) is 14.3. The van der Waals surface area contributed by atoms with E-state index >= 15 is 0 Å². The average molecular weight is 325 g/mol. The van der Waals surface area contributed by atoms with Gasteiger partial charge < -0.3 is 0 Å². The molecule has 122 valence electrons. The molecule has 0 saturated carbocycles. The molecule has 1 N–H and O–H groups in total. The first-order valence-corrected chi connectivity index (χ1v) is 8.86. The number of aromatic nitrogens is 4. The summed E-state index contributed by atoms with van der Waals surface area (Å²) >= 11 is 0. The van der Waals surface area contributed by atoms with Crippen molar-refractivity contribution < 1.29 is 8.42 Å². The molecule has 2 rings (SSSR count). The summed E-state index contributed by atoms with van der Waals surface area (Å²) in [5.74, 6) is 0. The van der Waals surface area contributed by atoms with E-state index in [0.29, 0.717) is 31.7 Å². The molecule has 2 aromatic heterocycles. The molecular formula is C14H23N5O2S. The third kappa shape index (κ3) is 3.56. The van der Waals surface area contributed by atoms with Crippen molar-refractivity contribution in [3.8, 4) is 0 Å². The molecule has 22 heavy (non-hydrogen) atoms. The van der Waals surface area contributed by atoms with E-state index in [-0.39, 0.29) is 4.90 Å². The smallest absolute Gasteiger partial charge is 0.243 e. The highest BCUT2D eigenvalue weighted by atomic mass is 32.2. The maximum atomic E-state index is 12.3. The van der Waals surface area contributed by atoms with Crippen molar-refractivity contribution in [2.24, 2.45) is 0 Å². The van der Waals surface area contributed by atoms with Crippen LogP contribution in [0.3, 0.4) is 0 Å². The van der Waals surface area contributed by atoms with Crippen molar-refractivity contribution in [2.75, 3.05) is 6.54 Å². The molecule has 0 atom stereocenters. The monoisotopic (exact) mass is 325 g/mol. The van der Waals surface area contributed by atoms with Gasteiger partial charge in [-0.3, -0.25) is 9.36 Å². The van der Waals surface area contributed by atoms with E-state index in [1.54, 1.807) is 11.6 Å². The lowest BCUT2D eigenvalue weighted by Gasteiger charge is -2.08. The minimum absolute atomic E-state index is 0.250. The van der Waals surface area contributed by atoms with Gasteiger partial charge in [-0.1, -0.05) is 0 Å². The van der Waals surface area contributed by atoms with Crippen LogP contribution in [0.5, 0.6) is 0 Å². The van der Waals surface area contributed by atoms with Crippen molar-refractivity contribution >= 4 is 10.0 Å². The Morgan fingerprint density at radius 1 is 1.23 bits per heavy atom. The molecule has 0 aliphatic carbocycles. The lowest BCUT2D eigenvalue weighted by atomic mass is 10.4. The normalized spacial score (nSPS) is 12.0. The molecule has 0 fully saturated rings. The molecule has 0 aromatic carbocycles. The molecule has 0 spiro atoms. The number of hydrogen-bond acceptors (Lipinski definition) is 4. The molecule has 0 radical (unpaired) electrons. The molecule has 0 amide bonds. The van der Waals surface area contributed by atoms with Gasteiger partial charge >= 0.3 is 0 Å². The molecule has 0 aliphatic rings. The lowest BCUT2D eigenvalue weighted by molar-refractivity contribution is 0.543. The fourth-order valence-corrected chi connectivity index (χ4v) is 3.68. The van der Waals surface area contributed by atoms with Crippen molar-refractivity contribution in [3.05, 3.63) is 29.3 Å². The molecule has 7 nitrogen and oxygen atoms in total. The third-order valence-corrected chi connectivity index (χ3v) is 5.15. The van der Waals surface area contributed by atoms with Crippen LogP contribution in [0, 0.1) is 20.8 Å². The summed E-state index contributed by atoms with van der Waals surface area (Å²) in [6, 6.07) is 2.01. The molecule has 0 unspecified atom stereocenters. The predicted molar refractivity (Wildman–Crippen MR) is 84.1 cm³/mol. The van der Waals surface area contributed by atoms with Gasteiger partial charge in [0.05, 0.1) is 17.6 Å². The van der Waals surface area contributed by atoms with E-state index in [4.69, 9.17) is 0 Å². The molecular weight excluding hydrogens is 302 g/mol. The molecule has 0 aliphatic heterocycles. The second-order valence-electron chi connectivity index (χ2n) is 5.31. The Balaban J connectivity index is 1.93. The minimum Gasteiger partial charge on any atom is -0.270 e. The predicted octanol–water partition coefficient (Wildman–Crippen LogP) is 1.39.